The van der Waals surface area contributed by atoms with Crippen molar-refractivity contribution in [1.29, 1.82) is 0 Å². The summed E-state index contributed by atoms with van der Waals surface area (Å²) in [5.41, 5.74) is 0. The van der Waals surface area contributed by atoms with Crippen molar-refractivity contribution in [3.63, 3.8) is 0 Å². The molecule has 0 aromatic rings. The van der Waals surface area contributed by atoms with Crippen LogP contribution in [-0.4, -0.2) is 25.8 Å². The highest BCUT2D eigenvalue weighted by molar-refractivity contribution is 4.76. The minimum Gasteiger partial charge on any atom is -0.374 e. The molecule has 0 rings (SSSR count). The van der Waals surface area contributed by atoms with Crippen molar-refractivity contribution in [1.82, 2.24) is 5.32 Å². The Hall–Kier alpha value is -0.340. The monoisotopic (exact) mass is 213 g/mol. The van der Waals surface area contributed by atoms with E-state index in [1.165, 1.54) is 6.42 Å². The minimum atomic E-state index is 0.377. The SMILES string of the molecule is CC=CCOC(C)CCCNCC(C)C. The summed E-state index contributed by atoms with van der Waals surface area (Å²) in [6, 6.07) is 0. The lowest BCUT2D eigenvalue weighted by Gasteiger charge is -2.12. The van der Waals surface area contributed by atoms with Crippen molar-refractivity contribution in [2.45, 2.75) is 46.6 Å². The second-order valence-electron chi connectivity index (χ2n) is 4.45. The first-order chi connectivity index (χ1) is 7.16. The van der Waals surface area contributed by atoms with Crippen LogP contribution < -0.4 is 5.32 Å². The number of hydrogen-bond acceptors (Lipinski definition) is 2. The molecular weight excluding hydrogens is 186 g/mol. The molecule has 0 aromatic heterocycles. The molecule has 1 unspecified atom stereocenters. The summed E-state index contributed by atoms with van der Waals surface area (Å²) in [6.07, 6.45) is 6.79. The van der Waals surface area contributed by atoms with Crippen LogP contribution in [0.3, 0.4) is 0 Å². The molecule has 0 saturated heterocycles. The third-order valence-corrected chi connectivity index (χ3v) is 2.23. The van der Waals surface area contributed by atoms with Gasteiger partial charge in [0.1, 0.15) is 0 Å². The quantitative estimate of drug-likeness (QED) is 0.469. The Kier molecular flexibility index (Phi) is 9.96. The number of hydrogen-bond donors (Lipinski definition) is 1. The Labute approximate surface area is 95.1 Å². The van der Waals surface area contributed by atoms with Gasteiger partial charge in [-0.3, -0.25) is 0 Å². The van der Waals surface area contributed by atoms with Crippen LogP contribution in [0.5, 0.6) is 0 Å². The highest BCUT2D eigenvalue weighted by Crippen LogP contribution is 2.00. The van der Waals surface area contributed by atoms with Crippen molar-refractivity contribution < 1.29 is 4.74 Å². The fourth-order valence-electron chi connectivity index (χ4n) is 1.30. The van der Waals surface area contributed by atoms with Crippen LogP contribution in [0, 0.1) is 5.92 Å². The normalized spacial score (nSPS) is 13.9. The average Bonchev–Trinajstić information content (AvgIpc) is 2.17. The maximum atomic E-state index is 5.60. The molecule has 0 aliphatic heterocycles. The first kappa shape index (κ1) is 14.7. The highest BCUT2D eigenvalue weighted by atomic mass is 16.5. The van der Waals surface area contributed by atoms with Gasteiger partial charge in [0.05, 0.1) is 12.7 Å². The Morgan fingerprint density at radius 1 is 1.27 bits per heavy atom. The lowest BCUT2D eigenvalue weighted by atomic mass is 10.2. The molecule has 0 heterocycles. The van der Waals surface area contributed by atoms with Gasteiger partial charge in [0.2, 0.25) is 0 Å². The van der Waals surface area contributed by atoms with E-state index in [1.807, 2.05) is 19.1 Å². The third kappa shape index (κ3) is 11.6. The number of ether oxygens (including phenoxy) is 1. The van der Waals surface area contributed by atoms with Crippen molar-refractivity contribution in [2.24, 2.45) is 5.92 Å². The van der Waals surface area contributed by atoms with Gasteiger partial charge >= 0.3 is 0 Å². The van der Waals surface area contributed by atoms with Gasteiger partial charge in [-0.25, -0.2) is 0 Å². The molecule has 0 fully saturated rings. The van der Waals surface area contributed by atoms with Crippen molar-refractivity contribution in [2.75, 3.05) is 19.7 Å². The minimum absolute atomic E-state index is 0.377. The number of rotatable bonds is 9. The molecule has 90 valence electrons. The molecule has 0 amide bonds. The summed E-state index contributed by atoms with van der Waals surface area (Å²) >= 11 is 0. The molecule has 0 spiro atoms. The summed E-state index contributed by atoms with van der Waals surface area (Å²) in [5.74, 6) is 0.744. The molecule has 2 nitrogen and oxygen atoms in total. The predicted octanol–water partition coefficient (Wildman–Crippen LogP) is 2.99. The molecule has 0 aliphatic carbocycles. The maximum Gasteiger partial charge on any atom is 0.0650 e. The van der Waals surface area contributed by atoms with Crippen LogP contribution in [0.25, 0.3) is 0 Å². The molecule has 0 bridgehead atoms. The van der Waals surface area contributed by atoms with Crippen LogP contribution in [0.1, 0.15) is 40.5 Å². The van der Waals surface area contributed by atoms with Crippen molar-refractivity contribution >= 4 is 0 Å². The van der Waals surface area contributed by atoms with Crippen molar-refractivity contribution in [3.8, 4) is 0 Å². The van der Waals surface area contributed by atoms with E-state index >= 15 is 0 Å². The topological polar surface area (TPSA) is 21.3 Å². The van der Waals surface area contributed by atoms with Gasteiger partial charge in [0.15, 0.2) is 0 Å². The molecule has 0 radical (unpaired) electrons. The van der Waals surface area contributed by atoms with E-state index in [-0.39, 0.29) is 0 Å². The zero-order valence-electron chi connectivity index (χ0n) is 10.8. The van der Waals surface area contributed by atoms with Crippen LogP contribution >= 0.6 is 0 Å². The summed E-state index contributed by atoms with van der Waals surface area (Å²) in [4.78, 5) is 0. The summed E-state index contributed by atoms with van der Waals surface area (Å²) in [5, 5.41) is 3.44. The van der Waals surface area contributed by atoms with Crippen LogP contribution in [0.15, 0.2) is 12.2 Å². The Morgan fingerprint density at radius 2 is 2.00 bits per heavy atom. The van der Waals surface area contributed by atoms with Gasteiger partial charge < -0.3 is 10.1 Å². The Balaban J connectivity index is 3.20. The van der Waals surface area contributed by atoms with E-state index in [1.54, 1.807) is 0 Å². The molecule has 15 heavy (non-hydrogen) atoms. The molecule has 0 saturated carbocycles. The van der Waals surface area contributed by atoms with Gasteiger partial charge in [0.25, 0.3) is 0 Å². The molecule has 2 heteroatoms. The van der Waals surface area contributed by atoms with Gasteiger partial charge in [-0.2, -0.15) is 0 Å². The smallest absolute Gasteiger partial charge is 0.0650 e. The summed E-state index contributed by atoms with van der Waals surface area (Å²) in [6.45, 7) is 11.6. The Morgan fingerprint density at radius 3 is 2.60 bits per heavy atom. The van der Waals surface area contributed by atoms with Crippen LogP contribution in [-0.2, 0) is 4.74 Å². The van der Waals surface area contributed by atoms with E-state index in [0.29, 0.717) is 6.10 Å². The van der Waals surface area contributed by atoms with Crippen molar-refractivity contribution in [3.05, 3.63) is 12.2 Å². The van der Waals surface area contributed by atoms with E-state index < -0.39 is 0 Å². The molecule has 0 aromatic carbocycles. The second kappa shape index (κ2) is 10.2. The number of nitrogens with one attached hydrogen (secondary N) is 1. The second-order valence-corrected chi connectivity index (χ2v) is 4.45. The van der Waals surface area contributed by atoms with Crippen LogP contribution in [0.4, 0.5) is 0 Å². The first-order valence-corrected chi connectivity index (χ1v) is 6.10. The third-order valence-electron chi connectivity index (χ3n) is 2.23. The first-order valence-electron chi connectivity index (χ1n) is 6.10. The van der Waals surface area contributed by atoms with E-state index in [2.05, 4.69) is 26.1 Å². The van der Waals surface area contributed by atoms with Gasteiger partial charge in [-0.05, 0) is 45.7 Å². The zero-order chi connectivity index (χ0) is 11.5. The summed E-state index contributed by atoms with van der Waals surface area (Å²) < 4.78 is 5.60. The van der Waals surface area contributed by atoms with E-state index in [9.17, 15) is 0 Å². The van der Waals surface area contributed by atoms with Gasteiger partial charge in [-0.1, -0.05) is 26.0 Å². The van der Waals surface area contributed by atoms with Gasteiger partial charge in [-0.15, -0.1) is 0 Å². The lowest BCUT2D eigenvalue weighted by molar-refractivity contribution is 0.0803. The highest BCUT2D eigenvalue weighted by Gasteiger charge is 2.00. The van der Waals surface area contributed by atoms with E-state index in [0.717, 1.165) is 32.0 Å². The molecule has 1 atom stereocenters. The van der Waals surface area contributed by atoms with Crippen LogP contribution in [0.2, 0.25) is 0 Å². The average molecular weight is 213 g/mol. The standard InChI is InChI=1S/C13H27NO/c1-5-6-10-15-13(4)8-7-9-14-11-12(2)3/h5-6,12-14H,7-11H2,1-4H3. The fourth-order valence-corrected chi connectivity index (χ4v) is 1.30. The lowest BCUT2D eigenvalue weighted by Crippen LogP contribution is -2.21. The largest absolute Gasteiger partial charge is 0.374 e. The maximum absolute atomic E-state index is 5.60. The summed E-state index contributed by atoms with van der Waals surface area (Å²) in [7, 11) is 0. The Bertz CT molecular complexity index is 155. The number of allylic oxidation sites excluding steroid dienone is 1. The zero-order valence-corrected chi connectivity index (χ0v) is 10.8. The molecule has 1 N–H and O–H groups in total. The predicted molar refractivity (Wildman–Crippen MR) is 67.2 cm³/mol. The molecule has 0 aliphatic rings. The van der Waals surface area contributed by atoms with Gasteiger partial charge in [0, 0.05) is 0 Å². The fraction of sp³-hybridized carbons (Fsp3) is 0.846. The van der Waals surface area contributed by atoms with E-state index in [4.69, 9.17) is 4.74 Å². The molecular formula is C13H27NO.